The lowest BCUT2D eigenvalue weighted by molar-refractivity contribution is -0.137. The van der Waals surface area contributed by atoms with Crippen LogP contribution in [0.5, 0.6) is 0 Å². The summed E-state index contributed by atoms with van der Waals surface area (Å²) in [7, 11) is 0. The van der Waals surface area contributed by atoms with Crippen LogP contribution >= 0.6 is 0 Å². The summed E-state index contributed by atoms with van der Waals surface area (Å²) in [4.78, 5) is 8.01. The molecule has 0 aliphatic rings. The predicted molar refractivity (Wildman–Crippen MR) is 114 cm³/mol. The number of benzene rings is 2. The van der Waals surface area contributed by atoms with Crippen molar-refractivity contribution >= 4 is 23.1 Å². The first-order valence-electron chi connectivity index (χ1n) is 9.91. The Hall–Kier alpha value is -3.09. The molecule has 0 saturated carbocycles. The maximum absolute atomic E-state index is 13.6. The van der Waals surface area contributed by atoms with Crippen molar-refractivity contribution in [2.45, 2.75) is 39.8 Å². The molecule has 1 heterocycles. The molecule has 2 N–H and O–H groups in total. The van der Waals surface area contributed by atoms with Gasteiger partial charge in [-0.05, 0) is 48.1 Å². The van der Waals surface area contributed by atoms with E-state index in [4.69, 9.17) is 0 Å². The smallest absolute Gasteiger partial charge is 0.339 e. The monoisotopic (exact) mass is 414 g/mol. The van der Waals surface area contributed by atoms with E-state index in [1.165, 1.54) is 0 Å². The molecule has 2 aromatic carbocycles. The first kappa shape index (κ1) is 21.6. The van der Waals surface area contributed by atoms with Crippen molar-refractivity contribution < 1.29 is 13.2 Å². The molecular formula is C23H25F3N4. The number of alkyl halides is 3. The third kappa shape index (κ3) is 5.49. The quantitative estimate of drug-likeness (QED) is 0.449. The van der Waals surface area contributed by atoms with Gasteiger partial charge in [-0.1, -0.05) is 51.1 Å². The number of halogens is 3. The van der Waals surface area contributed by atoms with E-state index in [1.54, 1.807) is 12.1 Å². The van der Waals surface area contributed by atoms with E-state index < -0.39 is 11.7 Å². The molecule has 158 valence electrons. The van der Waals surface area contributed by atoms with Gasteiger partial charge in [-0.2, -0.15) is 18.2 Å². The molecule has 0 fully saturated rings. The second-order valence-electron chi connectivity index (χ2n) is 7.51. The summed E-state index contributed by atoms with van der Waals surface area (Å²) in [6.45, 7) is 6.18. The minimum absolute atomic E-state index is 0.0936. The molecule has 0 unspecified atom stereocenters. The number of anilines is 4. The van der Waals surface area contributed by atoms with Gasteiger partial charge in [-0.25, -0.2) is 4.98 Å². The number of hydrogen-bond donors (Lipinski definition) is 2. The van der Waals surface area contributed by atoms with Gasteiger partial charge >= 0.3 is 6.18 Å². The van der Waals surface area contributed by atoms with Crippen LogP contribution in [-0.4, -0.2) is 9.97 Å². The van der Waals surface area contributed by atoms with Crippen molar-refractivity contribution in [3.05, 3.63) is 71.4 Å². The van der Waals surface area contributed by atoms with Crippen LogP contribution in [0.1, 0.15) is 37.5 Å². The fraction of sp³-hybridized carbons (Fsp3) is 0.304. The van der Waals surface area contributed by atoms with Crippen LogP contribution < -0.4 is 10.6 Å². The number of nitrogens with one attached hydrogen (secondary N) is 2. The van der Waals surface area contributed by atoms with Gasteiger partial charge in [0.15, 0.2) is 0 Å². The summed E-state index contributed by atoms with van der Waals surface area (Å²) in [5.41, 5.74) is 2.50. The number of aromatic nitrogens is 2. The highest BCUT2D eigenvalue weighted by molar-refractivity contribution is 5.65. The average Bonchev–Trinajstić information content (AvgIpc) is 2.69. The maximum atomic E-state index is 13.6. The standard InChI is InChI=1S/C23H25F3N4/c1-4-16-9-11-18(12-10-16)28-22-27-14-19(23(24,25)26)21(30-22)29-20-8-6-5-7-17(20)13-15(2)3/h5-12,14-15H,4,13H2,1-3H3,(H2,27,28,29,30). The lowest BCUT2D eigenvalue weighted by Crippen LogP contribution is -2.13. The van der Waals surface area contributed by atoms with E-state index in [2.05, 4.69) is 41.4 Å². The molecule has 30 heavy (non-hydrogen) atoms. The Morgan fingerprint density at radius 2 is 1.67 bits per heavy atom. The van der Waals surface area contributed by atoms with Gasteiger partial charge in [-0.15, -0.1) is 0 Å². The topological polar surface area (TPSA) is 49.8 Å². The predicted octanol–water partition coefficient (Wildman–Crippen LogP) is 6.74. The molecule has 0 aliphatic carbocycles. The van der Waals surface area contributed by atoms with Crippen LogP contribution in [0.3, 0.4) is 0 Å². The zero-order chi connectivity index (χ0) is 21.7. The lowest BCUT2D eigenvalue weighted by atomic mass is 10.0. The van der Waals surface area contributed by atoms with Crippen LogP contribution in [0.15, 0.2) is 54.7 Å². The highest BCUT2D eigenvalue weighted by Gasteiger charge is 2.35. The van der Waals surface area contributed by atoms with Crippen LogP contribution in [0.25, 0.3) is 0 Å². The Labute approximate surface area is 174 Å². The van der Waals surface area contributed by atoms with E-state index in [9.17, 15) is 13.2 Å². The van der Waals surface area contributed by atoms with Gasteiger partial charge in [0.05, 0.1) is 0 Å². The Balaban J connectivity index is 1.94. The fourth-order valence-electron chi connectivity index (χ4n) is 3.09. The van der Waals surface area contributed by atoms with Gasteiger partial charge in [-0.3, -0.25) is 0 Å². The molecule has 0 amide bonds. The summed E-state index contributed by atoms with van der Waals surface area (Å²) in [5, 5.41) is 5.86. The molecule has 0 spiro atoms. The maximum Gasteiger partial charge on any atom is 0.421 e. The Morgan fingerprint density at radius 3 is 2.30 bits per heavy atom. The number of hydrogen-bond acceptors (Lipinski definition) is 4. The fourth-order valence-corrected chi connectivity index (χ4v) is 3.09. The molecule has 0 saturated heterocycles. The van der Waals surface area contributed by atoms with E-state index in [1.807, 2.05) is 36.4 Å². The summed E-state index contributed by atoms with van der Waals surface area (Å²) in [6.07, 6.45) is -2.12. The second-order valence-corrected chi connectivity index (χ2v) is 7.51. The molecule has 0 aliphatic heterocycles. The summed E-state index contributed by atoms with van der Waals surface area (Å²) in [5.74, 6) is 0.182. The van der Waals surface area contributed by atoms with Crippen molar-refractivity contribution in [2.24, 2.45) is 5.92 Å². The average molecular weight is 414 g/mol. The van der Waals surface area contributed by atoms with Crippen molar-refractivity contribution in [1.29, 1.82) is 0 Å². The highest BCUT2D eigenvalue weighted by atomic mass is 19.4. The molecule has 3 aromatic rings. The van der Waals surface area contributed by atoms with E-state index in [0.29, 0.717) is 17.3 Å². The normalized spacial score (nSPS) is 11.6. The Morgan fingerprint density at radius 1 is 0.967 bits per heavy atom. The van der Waals surface area contributed by atoms with E-state index in [-0.39, 0.29) is 11.8 Å². The third-order valence-corrected chi connectivity index (χ3v) is 4.61. The molecule has 4 nitrogen and oxygen atoms in total. The number of nitrogens with zero attached hydrogens (tertiary/aromatic N) is 2. The van der Waals surface area contributed by atoms with Gasteiger partial charge < -0.3 is 10.6 Å². The molecule has 0 bridgehead atoms. The molecule has 1 aromatic heterocycles. The number of aryl methyl sites for hydroxylation is 1. The van der Waals surface area contributed by atoms with Crippen LogP contribution in [-0.2, 0) is 19.0 Å². The molecule has 3 rings (SSSR count). The Kier molecular flexibility index (Phi) is 6.59. The van der Waals surface area contributed by atoms with Crippen molar-refractivity contribution in [1.82, 2.24) is 9.97 Å². The molecular weight excluding hydrogens is 389 g/mol. The molecule has 0 radical (unpaired) electrons. The molecule has 7 heteroatoms. The first-order valence-corrected chi connectivity index (χ1v) is 9.91. The lowest BCUT2D eigenvalue weighted by Gasteiger charge is -2.17. The van der Waals surface area contributed by atoms with Crippen molar-refractivity contribution in [2.75, 3.05) is 10.6 Å². The second kappa shape index (κ2) is 9.15. The van der Waals surface area contributed by atoms with E-state index >= 15 is 0 Å². The van der Waals surface area contributed by atoms with Gasteiger partial charge in [0.25, 0.3) is 0 Å². The highest BCUT2D eigenvalue weighted by Crippen LogP contribution is 2.36. The van der Waals surface area contributed by atoms with Crippen molar-refractivity contribution in [3.63, 3.8) is 0 Å². The third-order valence-electron chi connectivity index (χ3n) is 4.61. The SMILES string of the molecule is CCc1ccc(Nc2ncc(C(F)(F)F)c(Nc3ccccc3CC(C)C)n2)cc1. The minimum atomic E-state index is -4.57. The Bertz CT molecular complexity index is 982. The first-order chi connectivity index (χ1) is 14.3. The minimum Gasteiger partial charge on any atom is -0.339 e. The van der Waals surface area contributed by atoms with Gasteiger partial charge in [0.2, 0.25) is 5.95 Å². The number of rotatable bonds is 7. The zero-order valence-electron chi connectivity index (χ0n) is 17.2. The summed E-state index contributed by atoms with van der Waals surface area (Å²) in [6, 6.07) is 14.9. The summed E-state index contributed by atoms with van der Waals surface area (Å²) < 4.78 is 40.7. The number of para-hydroxylation sites is 1. The zero-order valence-corrected chi connectivity index (χ0v) is 17.2. The van der Waals surface area contributed by atoms with Crippen molar-refractivity contribution in [3.8, 4) is 0 Å². The van der Waals surface area contributed by atoms with Gasteiger partial charge in [0.1, 0.15) is 11.4 Å². The van der Waals surface area contributed by atoms with Gasteiger partial charge in [0, 0.05) is 17.6 Å². The van der Waals surface area contributed by atoms with Crippen LogP contribution in [0.2, 0.25) is 0 Å². The summed E-state index contributed by atoms with van der Waals surface area (Å²) >= 11 is 0. The van der Waals surface area contributed by atoms with E-state index in [0.717, 1.165) is 30.2 Å². The largest absolute Gasteiger partial charge is 0.421 e. The molecule has 0 atom stereocenters. The van der Waals surface area contributed by atoms with Crippen LogP contribution in [0.4, 0.5) is 36.3 Å². The van der Waals surface area contributed by atoms with Crippen LogP contribution in [0, 0.1) is 5.92 Å².